The van der Waals surface area contributed by atoms with E-state index in [1.54, 1.807) is 6.07 Å². The molecular weight excluding hydrogens is 322 g/mol. The van der Waals surface area contributed by atoms with Gasteiger partial charge in [0.15, 0.2) is 0 Å². The van der Waals surface area contributed by atoms with Gasteiger partial charge in [0.2, 0.25) is 10.0 Å². The van der Waals surface area contributed by atoms with Crippen molar-refractivity contribution in [2.75, 3.05) is 11.0 Å². The summed E-state index contributed by atoms with van der Waals surface area (Å²) >= 11 is 0. The van der Waals surface area contributed by atoms with Gasteiger partial charge in [-0.25, -0.2) is 8.42 Å². The van der Waals surface area contributed by atoms with Crippen LogP contribution in [0.25, 0.3) is 0 Å². The van der Waals surface area contributed by atoms with E-state index in [9.17, 15) is 8.42 Å². The second-order valence-corrected chi connectivity index (χ2v) is 8.06. The van der Waals surface area contributed by atoms with Crippen molar-refractivity contribution in [3.05, 3.63) is 59.4 Å². The van der Waals surface area contributed by atoms with Crippen LogP contribution in [0.5, 0.6) is 0 Å². The van der Waals surface area contributed by atoms with Crippen molar-refractivity contribution in [2.45, 2.75) is 39.3 Å². The van der Waals surface area contributed by atoms with Gasteiger partial charge in [-0.1, -0.05) is 32.0 Å². The number of anilines is 1. The third-order valence-corrected chi connectivity index (χ3v) is 4.31. The van der Waals surface area contributed by atoms with Gasteiger partial charge in [-0.15, -0.1) is 0 Å². The number of nitrogens with one attached hydrogen (secondary N) is 2. The third kappa shape index (κ3) is 5.62. The van der Waals surface area contributed by atoms with Crippen LogP contribution in [0.1, 0.15) is 49.7 Å². The summed E-state index contributed by atoms with van der Waals surface area (Å²) in [7, 11) is -3.27. The molecule has 0 saturated heterocycles. The van der Waals surface area contributed by atoms with E-state index in [4.69, 9.17) is 0 Å². The Balaban J connectivity index is 2.03. The van der Waals surface area contributed by atoms with Crippen molar-refractivity contribution in [3.63, 3.8) is 0 Å². The molecule has 5 nitrogen and oxygen atoms in total. The Labute approximate surface area is 144 Å². The Morgan fingerprint density at radius 2 is 1.79 bits per heavy atom. The van der Waals surface area contributed by atoms with Crippen LogP contribution in [0.4, 0.5) is 5.69 Å². The highest BCUT2D eigenvalue weighted by molar-refractivity contribution is 7.92. The van der Waals surface area contributed by atoms with E-state index < -0.39 is 10.0 Å². The molecule has 0 spiro atoms. The lowest BCUT2D eigenvalue weighted by atomic mass is 10.1. The first-order valence-corrected chi connectivity index (χ1v) is 9.90. The molecule has 2 N–H and O–H groups in total. The van der Waals surface area contributed by atoms with Gasteiger partial charge in [0.25, 0.3) is 0 Å². The summed E-state index contributed by atoms with van der Waals surface area (Å²) in [4.78, 5) is 4.65. The predicted molar refractivity (Wildman–Crippen MR) is 98.5 cm³/mol. The lowest BCUT2D eigenvalue weighted by Gasteiger charge is -2.16. The van der Waals surface area contributed by atoms with Crippen LogP contribution in [0, 0.1) is 0 Å². The largest absolute Gasteiger partial charge is 0.305 e. The minimum Gasteiger partial charge on any atom is -0.305 e. The van der Waals surface area contributed by atoms with Crippen molar-refractivity contribution in [1.82, 2.24) is 10.3 Å². The van der Waals surface area contributed by atoms with Crippen molar-refractivity contribution in [2.24, 2.45) is 0 Å². The zero-order valence-electron chi connectivity index (χ0n) is 14.6. The Bertz CT molecular complexity index is 788. The number of benzene rings is 1. The molecule has 2 rings (SSSR count). The van der Waals surface area contributed by atoms with Gasteiger partial charge in [-0.2, -0.15) is 0 Å². The smallest absolute Gasteiger partial charge is 0.229 e. The molecule has 2 aromatic rings. The van der Waals surface area contributed by atoms with Crippen LogP contribution in [-0.2, 0) is 16.6 Å². The fourth-order valence-electron chi connectivity index (χ4n) is 2.38. The lowest BCUT2D eigenvalue weighted by molar-refractivity contribution is 0.566. The molecule has 0 saturated carbocycles. The SMILES string of the molecule is CC(C)c1cccc(CN[C@H](C)c2cccc(NS(C)(=O)=O)c2)n1. The number of nitrogens with zero attached hydrogens (tertiary/aromatic N) is 1. The number of pyridine rings is 1. The Morgan fingerprint density at radius 3 is 2.46 bits per heavy atom. The van der Waals surface area contributed by atoms with Crippen LogP contribution in [-0.4, -0.2) is 19.7 Å². The summed E-state index contributed by atoms with van der Waals surface area (Å²) in [5, 5.41) is 3.43. The molecule has 0 amide bonds. The summed E-state index contributed by atoms with van der Waals surface area (Å²) in [6.45, 7) is 6.96. The highest BCUT2D eigenvalue weighted by atomic mass is 32.2. The molecule has 0 unspecified atom stereocenters. The fourth-order valence-corrected chi connectivity index (χ4v) is 2.93. The normalized spacial score (nSPS) is 13.0. The molecule has 1 aromatic carbocycles. The fraction of sp³-hybridized carbons (Fsp3) is 0.389. The molecule has 0 bridgehead atoms. The highest BCUT2D eigenvalue weighted by Crippen LogP contribution is 2.19. The van der Waals surface area contributed by atoms with Gasteiger partial charge in [0, 0.05) is 24.0 Å². The maximum absolute atomic E-state index is 11.3. The Morgan fingerprint density at radius 1 is 1.08 bits per heavy atom. The average Bonchev–Trinajstić information content (AvgIpc) is 2.51. The lowest BCUT2D eigenvalue weighted by Crippen LogP contribution is -2.19. The number of sulfonamides is 1. The standard InChI is InChI=1S/C18H25N3O2S/c1-13(2)18-10-6-9-17(20-18)12-19-14(3)15-7-5-8-16(11-15)21-24(4,22)23/h5-11,13-14,19,21H,12H2,1-4H3/t14-/m1/s1. The van der Waals surface area contributed by atoms with Crippen molar-refractivity contribution in [1.29, 1.82) is 0 Å². The van der Waals surface area contributed by atoms with Gasteiger partial charge in [0.1, 0.15) is 0 Å². The molecule has 1 atom stereocenters. The molecule has 1 aromatic heterocycles. The topological polar surface area (TPSA) is 71.1 Å². The van der Waals surface area contributed by atoms with Gasteiger partial charge in [0.05, 0.1) is 11.9 Å². The first kappa shape index (κ1) is 18.4. The molecule has 6 heteroatoms. The highest BCUT2D eigenvalue weighted by Gasteiger charge is 2.09. The minimum atomic E-state index is -3.27. The van der Waals surface area contributed by atoms with Gasteiger partial charge in [-0.05, 0) is 42.7 Å². The molecule has 0 aliphatic heterocycles. The summed E-state index contributed by atoms with van der Waals surface area (Å²) < 4.78 is 25.2. The van der Waals surface area contributed by atoms with E-state index in [-0.39, 0.29) is 6.04 Å². The quantitative estimate of drug-likeness (QED) is 0.805. The molecule has 1 heterocycles. The summed E-state index contributed by atoms with van der Waals surface area (Å²) in [5.74, 6) is 0.404. The van der Waals surface area contributed by atoms with Crippen LogP contribution in [0.3, 0.4) is 0 Å². The van der Waals surface area contributed by atoms with E-state index >= 15 is 0 Å². The first-order chi connectivity index (χ1) is 11.2. The van der Waals surface area contributed by atoms with Crippen molar-refractivity contribution in [3.8, 4) is 0 Å². The summed E-state index contributed by atoms with van der Waals surface area (Å²) in [6.07, 6.45) is 1.15. The maximum atomic E-state index is 11.3. The minimum absolute atomic E-state index is 0.0795. The average molecular weight is 347 g/mol. The molecule has 0 radical (unpaired) electrons. The van der Waals surface area contributed by atoms with Gasteiger partial charge < -0.3 is 5.32 Å². The van der Waals surface area contributed by atoms with Crippen LogP contribution < -0.4 is 10.0 Å². The number of rotatable bonds is 7. The van der Waals surface area contributed by atoms with Gasteiger partial charge in [-0.3, -0.25) is 9.71 Å². The van der Waals surface area contributed by atoms with Crippen molar-refractivity contribution < 1.29 is 8.42 Å². The maximum Gasteiger partial charge on any atom is 0.229 e. The van der Waals surface area contributed by atoms with Crippen LogP contribution in [0.15, 0.2) is 42.5 Å². The van der Waals surface area contributed by atoms with E-state index in [0.717, 1.165) is 23.2 Å². The van der Waals surface area contributed by atoms with E-state index in [1.807, 2.05) is 43.3 Å². The van der Waals surface area contributed by atoms with Crippen LogP contribution >= 0.6 is 0 Å². The Hall–Kier alpha value is -1.92. The molecular formula is C18H25N3O2S. The predicted octanol–water partition coefficient (Wildman–Crippen LogP) is 3.43. The number of hydrogen-bond acceptors (Lipinski definition) is 4. The van der Waals surface area contributed by atoms with Crippen molar-refractivity contribution >= 4 is 15.7 Å². The first-order valence-electron chi connectivity index (χ1n) is 8.01. The molecule has 0 aliphatic rings. The second kappa shape index (κ2) is 7.77. The zero-order chi connectivity index (χ0) is 17.7. The molecule has 130 valence electrons. The van der Waals surface area contributed by atoms with E-state index in [0.29, 0.717) is 18.2 Å². The third-order valence-electron chi connectivity index (χ3n) is 3.70. The second-order valence-electron chi connectivity index (χ2n) is 6.31. The monoisotopic (exact) mass is 347 g/mol. The number of aromatic nitrogens is 1. The summed E-state index contributed by atoms with van der Waals surface area (Å²) in [6, 6.07) is 13.6. The van der Waals surface area contributed by atoms with Gasteiger partial charge >= 0.3 is 0 Å². The molecule has 24 heavy (non-hydrogen) atoms. The summed E-state index contributed by atoms with van der Waals surface area (Å²) in [5.41, 5.74) is 3.67. The molecule has 0 fully saturated rings. The van der Waals surface area contributed by atoms with Crippen LogP contribution in [0.2, 0.25) is 0 Å². The van der Waals surface area contributed by atoms with E-state index in [1.165, 1.54) is 0 Å². The Kier molecular flexibility index (Phi) is 5.96. The molecule has 0 aliphatic carbocycles. The zero-order valence-corrected chi connectivity index (χ0v) is 15.4. The number of hydrogen-bond donors (Lipinski definition) is 2. The van der Waals surface area contributed by atoms with E-state index in [2.05, 4.69) is 28.9 Å².